The van der Waals surface area contributed by atoms with Gasteiger partial charge in [0.25, 0.3) is 10.0 Å². The van der Waals surface area contributed by atoms with Crippen LogP contribution in [0.3, 0.4) is 0 Å². The summed E-state index contributed by atoms with van der Waals surface area (Å²) in [5.41, 5.74) is 0. The van der Waals surface area contributed by atoms with Crippen molar-refractivity contribution in [2.75, 3.05) is 6.54 Å². The summed E-state index contributed by atoms with van der Waals surface area (Å²) < 4.78 is 27.6. The van der Waals surface area contributed by atoms with Crippen molar-refractivity contribution in [3.05, 3.63) is 17.0 Å². The number of piperidine rings is 1. The predicted octanol–water partition coefficient (Wildman–Crippen LogP) is 2.96. The third-order valence-corrected chi connectivity index (χ3v) is 7.83. The molecule has 1 saturated heterocycles. The van der Waals surface area contributed by atoms with Crippen LogP contribution in [0.5, 0.6) is 0 Å². The van der Waals surface area contributed by atoms with Crippen molar-refractivity contribution < 1.29 is 8.42 Å². The second-order valence-corrected chi connectivity index (χ2v) is 8.80. The van der Waals surface area contributed by atoms with Crippen molar-refractivity contribution in [1.82, 2.24) is 4.31 Å². The van der Waals surface area contributed by atoms with Crippen molar-refractivity contribution >= 4 is 21.4 Å². The van der Waals surface area contributed by atoms with Crippen molar-refractivity contribution in [3.63, 3.8) is 0 Å². The largest absolute Gasteiger partial charge is 0.252 e. The Morgan fingerprint density at radius 2 is 1.95 bits per heavy atom. The first-order valence-electron chi connectivity index (χ1n) is 7.15. The zero-order valence-corrected chi connectivity index (χ0v) is 12.9. The Labute approximate surface area is 124 Å². The SMILES string of the molecule is N#Cc1ccc(S(=O)(=O)N2CCC[C@H]3CCCC[C@H]32)s1. The minimum Gasteiger partial charge on any atom is -0.206 e. The number of nitrogens with zero attached hydrogens (tertiary/aromatic N) is 2. The van der Waals surface area contributed by atoms with E-state index < -0.39 is 10.0 Å². The van der Waals surface area contributed by atoms with E-state index in [4.69, 9.17) is 5.26 Å². The van der Waals surface area contributed by atoms with Crippen LogP contribution in [0.25, 0.3) is 0 Å². The smallest absolute Gasteiger partial charge is 0.206 e. The van der Waals surface area contributed by atoms with E-state index in [9.17, 15) is 8.42 Å². The number of hydrogen-bond donors (Lipinski definition) is 0. The fraction of sp³-hybridized carbons (Fsp3) is 0.643. The molecule has 1 aliphatic heterocycles. The highest BCUT2D eigenvalue weighted by Crippen LogP contribution is 2.38. The van der Waals surface area contributed by atoms with Crippen LogP contribution in [-0.4, -0.2) is 25.3 Å². The molecule has 6 heteroatoms. The molecule has 108 valence electrons. The summed E-state index contributed by atoms with van der Waals surface area (Å²) in [5, 5.41) is 8.87. The van der Waals surface area contributed by atoms with Gasteiger partial charge >= 0.3 is 0 Å². The molecule has 0 unspecified atom stereocenters. The third kappa shape index (κ3) is 2.39. The van der Waals surface area contributed by atoms with Crippen molar-refractivity contribution in [2.24, 2.45) is 5.92 Å². The van der Waals surface area contributed by atoms with Crippen molar-refractivity contribution in [1.29, 1.82) is 5.26 Å². The van der Waals surface area contributed by atoms with Crippen molar-refractivity contribution in [2.45, 2.75) is 48.8 Å². The van der Waals surface area contributed by atoms with Crippen LogP contribution >= 0.6 is 11.3 Å². The minimum atomic E-state index is -3.42. The Kier molecular flexibility index (Phi) is 3.85. The number of nitriles is 1. The Morgan fingerprint density at radius 1 is 1.20 bits per heavy atom. The Morgan fingerprint density at radius 3 is 2.70 bits per heavy atom. The lowest BCUT2D eigenvalue weighted by molar-refractivity contribution is 0.129. The summed E-state index contributed by atoms with van der Waals surface area (Å²) in [5.74, 6) is 0.530. The van der Waals surface area contributed by atoms with Crippen LogP contribution in [0, 0.1) is 17.2 Å². The molecule has 2 atom stereocenters. The van der Waals surface area contributed by atoms with E-state index in [1.807, 2.05) is 6.07 Å². The molecule has 0 aromatic carbocycles. The number of sulfonamides is 1. The fourth-order valence-electron chi connectivity index (χ4n) is 3.51. The van der Waals surface area contributed by atoms with Gasteiger partial charge in [0.1, 0.15) is 15.2 Å². The highest BCUT2D eigenvalue weighted by atomic mass is 32.2. The quantitative estimate of drug-likeness (QED) is 0.843. The van der Waals surface area contributed by atoms with E-state index in [-0.39, 0.29) is 6.04 Å². The average molecular weight is 310 g/mol. The maximum absolute atomic E-state index is 12.8. The van der Waals surface area contributed by atoms with E-state index in [0.717, 1.165) is 43.4 Å². The normalized spacial score (nSPS) is 27.8. The van der Waals surface area contributed by atoms with E-state index in [2.05, 4.69) is 0 Å². The first kappa shape index (κ1) is 14.1. The topological polar surface area (TPSA) is 61.2 Å². The average Bonchev–Trinajstić information content (AvgIpc) is 2.96. The maximum atomic E-state index is 12.8. The maximum Gasteiger partial charge on any atom is 0.252 e. The number of fused-ring (bicyclic) bond motifs is 1. The fourth-order valence-corrected chi connectivity index (χ4v) is 6.50. The van der Waals surface area contributed by atoms with Gasteiger partial charge in [-0.15, -0.1) is 11.3 Å². The molecule has 0 bridgehead atoms. The third-order valence-electron chi connectivity index (χ3n) is 4.45. The lowest BCUT2D eigenvalue weighted by Gasteiger charge is -2.42. The molecule has 0 spiro atoms. The summed E-state index contributed by atoms with van der Waals surface area (Å²) in [6, 6.07) is 5.36. The highest BCUT2D eigenvalue weighted by Gasteiger charge is 2.40. The molecule has 2 fully saturated rings. The zero-order chi connectivity index (χ0) is 14.2. The van der Waals surface area contributed by atoms with Gasteiger partial charge in [0, 0.05) is 12.6 Å². The summed E-state index contributed by atoms with van der Waals surface area (Å²) in [4.78, 5) is 0.459. The van der Waals surface area contributed by atoms with Crippen LogP contribution in [0.15, 0.2) is 16.3 Å². The van der Waals surface area contributed by atoms with Crippen LogP contribution in [-0.2, 0) is 10.0 Å². The van der Waals surface area contributed by atoms with Crippen LogP contribution < -0.4 is 0 Å². The summed E-state index contributed by atoms with van der Waals surface area (Å²) >= 11 is 1.08. The molecule has 0 amide bonds. The number of hydrogen-bond acceptors (Lipinski definition) is 4. The summed E-state index contributed by atoms with van der Waals surface area (Å²) in [7, 11) is -3.42. The molecule has 1 aromatic rings. The van der Waals surface area contributed by atoms with Crippen LogP contribution in [0.2, 0.25) is 0 Å². The first-order valence-corrected chi connectivity index (χ1v) is 9.40. The van der Waals surface area contributed by atoms with E-state index in [1.54, 1.807) is 16.4 Å². The molecule has 1 saturated carbocycles. The molecule has 20 heavy (non-hydrogen) atoms. The van der Waals surface area contributed by atoms with Gasteiger partial charge in [-0.3, -0.25) is 0 Å². The second-order valence-electron chi connectivity index (χ2n) is 5.60. The highest BCUT2D eigenvalue weighted by molar-refractivity contribution is 7.91. The Hall–Kier alpha value is -0.900. The van der Waals surface area contributed by atoms with E-state index in [1.165, 1.54) is 6.42 Å². The van der Waals surface area contributed by atoms with Gasteiger partial charge < -0.3 is 0 Å². The van der Waals surface area contributed by atoms with Gasteiger partial charge in [-0.05, 0) is 43.7 Å². The van der Waals surface area contributed by atoms with E-state index >= 15 is 0 Å². The number of thiophene rings is 1. The lowest BCUT2D eigenvalue weighted by Crippen LogP contribution is -2.49. The van der Waals surface area contributed by atoms with Crippen molar-refractivity contribution in [3.8, 4) is 6.07 Å². The molecule has 3 rings (SSSR count). The van der Waals surface area contributed by atoms with Gasteiger partial charge in [-0.2, -0.15) is 9.57 Å². The summed E-state index contributed by atoms with van der Waals surface area (Å²) in [6.07, 6.45) is 6.61. The van der Waals surface area contributed by atoms with Gasteiger partial charge in [0.2, 0.25) is 0 Å². The summed E-state index contributed by atoms with van der Waals surface area (Å²) in [6.45, 7) is 0.628. The van der Waals surface area contributed by atoms with Crippen LogP contribution in [0.1, 0.15) is 43.4 Å². The Bertz CT molecular complexity index is 628. The number of rotatable bonds is 2. The molecule has 2 heterocycles. The molecule has 0 N–H and O–H groups in total. The van der Waals surface area contributed by atoms with Gasteiger partial charge in [0.05, 0.1) is 0 Å². The molecular weight excluding hydrogens is 292 g/mol. The zero-order valence-electron chi connectivity index (χ0n) is 11.3. The van der Waals surface area contributed by atoms with Gasteiger partial charge in [-0.1, -0.05) is 12.8 Å². The van der Waals surface area contributed by atoms with E-state index in [0.29, 0.717) is 21.5 Å². The molecule has 4 nitrogen and oxygen atoms in total. The van der Waals surface area contributed by atoms with Gasteiger partial charge in [0.15, 0.2) is 0 Å². The van der Waals surface area contributed by atoms with Crippen LogP contribution in [0.4, 0.5) is 0 Å². The monoisotopic (exact) mass is 310 g/mol. The predicted molar refractivity (Wildman–Crippen MR) is 77.9 cm³/mol. The van der Waals surface area contributed by atoms with Gasteiger partial charge in [-0.25, -0.2) is 8.42 Å². The Balaban J connectivity index is 1.91. The molecular formula is C14H18N2O2S2. The minimum absolute atomic E-state index is 0.176. The molecule has 1 aliphatic carbocycles. The standard InChI is InChI=1S/C14H18N2O2S2/c15-10-12-7-8-14(19-12)20(17,18)16-9-3-5-11-4-1-2-6-13(11)16/h7-8,11,13H,1-6,9H2/t11-,13-/m1/s1. The molecule has 1 aromatic heterocycles. The molecule has 2 aliphatic rings. The lowest BCUT2D eigenvalue weighted by atomic mass is 9.79. The first-order chi connectivity index (χ1) is 9.63. The molecule has 0 radical (unpaired) electrons. The second kappa shape index (κ2) is 5.47.